The number of thiazole rings is 1. The number of piperazine rings is 1. The molecule has 0 amide bonds. The third kappa shape index (κ3) is 2.78. The zero-order valence-corrected chi connectivity index (χ0v) is 15.6. The molecule has 2 aromatic heterocycles. The fourth-order valence-electron chi connectivity index (χ4n) is 2.97. The minimum atomic E-state index is -3.10. The van der Waals surface area contributed by atoms with Crippen molar-refractivity contribution in [3.63, 3.8) is 0 Å². The van der Waals surface area contributed by atoms with Gasteiger partial charge in [0, 0.05) is 26.2 Å². The summed E-state index contributed by atoms with van der Waals surface area (Å²) in [6, 6.07) is 8.12. The molecule has 24 heavy (non-hydrogen) atoms. The van der Waals surface area contributed by atoms with Crippen molar-refractivity contribution in [2.24, 2.45) is 0 Å². The highest BCUT2D eigenvalue weighted by atomic mass is 32.2. The summed E-state index contributed by atoms with van der Waals surface area (Å²) in [6.07, 6.45) is 1.26. The number of hydrogen-bond acceptors (Lipinski definition) is 6. The molecule has 128 valence electrons. The molecule has 0 aliphatic carbocycles. The number of benzene rings is 1. The Balaban J connectivity index is 1.58. The largest absolute Gasteiger partial charge is 0.282 e. The molecule has 0 unspecified atom stereocenters. The van der Waals surface area contributed by atoms with E-state index in [-0.39, 0.29) is 0 Å². The van der Waals surface area contributed by atoms with Gasteiger partial charge in [0.05, 0.1) is 23.1 Å². The summed E-state index contributed by atoms with van der Waals surface area (Å²) in [5.74, 6) is 0. The summed E-state index contributed by atoms with van der Waals surface area (Å²) in [6.45, 7) is 2.97. The smallest absolute Gasteiger partial charge is 0.216 e. The van der Waals surface area contributed by atoms with E-state index in [4.69, 9.17) is 12.2 Å². The van der Waals surface area contributed by atoms with Crippen molar-refractivity contribution in [3.8, 4) is 0 Å². The van der Waals surface area contributed by atoms with Gasteiger partial charge in [-0.3, -0.25) is 9.30 Å². The van der Waals surface area contributed by atoms with Crippen LogP contribution in [0.3, 0.4) is 0 Å². The van der Waals surface area contributed by atoms with Crippen molar-refractivity contribution in [1.29, 1.82) is 0 Å². The van der Waals surface area contributed by atoms with E-state index < -0.39 is 10.0 Å². The second kappa shape index (κ2) is 5.88. The van der Waals surface area contributed by atoms with Gasteiger partial charge in [0.1, 0.15) is 0 Å². The van der Waals surface area contributed by atoms with Crippen LogP contribution in [-0.4, -0.2) is 64.2 Å². The third-order valence-corrected chi connectivity index (χ3v) is 6.96. The van der Waals surface area contributed by atoms with Gasteiger partial charge in [0.15, 0.2) is 0 Å². The Morgan fingerprint density at radius 3 is 2.62 bits per heavy atom. The molecule has 0 spiro atoms. The van der Waals surface area contributed by atoms with Crippen molar-refractivity contribution < 1.29 is 8.42 Å². The van der Waals surface area contributed by atoms with Crippen LogP contribution < -0.4 is 0 Å². The van der Waals surface area contributed by atoms with Crippen LogP contribution in [0.2, 0.25) is 0 Å². The molecule has 1 aliphatic heterocycles. The van der Waals surface area contributed by atoms with Crippen LogP contribution in [0.25, 0.3) is 15.2 Å². The molecule has 4 rings (SSSR count). The Morgan fingerprint density at radius 1 is 1.21 bits per heavy atom. The molecule has 0 atom stereocenters. The molecule has 0 N–H and O–H groups in total. The molecule has 1 aromatic carbocycles. The molecule has 1 aliphatic rings. The molecule has 10 heteroatoms. The second-order valence-electron chi connectivity index (χ2n) is 5.89. The molecule has 3 aromatic rings. The lowest BCUT2D eigenvalue weighted by Gasteiger charge is -2.32. The molecule has 0 bridgehead atoms. The van der Waals surface area contributed by atoms with Gasteiger partial charge in [0.25, 0.3) is 0 Å². The quantitative estimate of drug-likeness (QED) is 0.643. The predicted molar refractivity (Wildman–Crippen MR) is 97.4 cm³/mol. The summed E-state index contributed by atoms with van der Waals surface area (Å²) in [5, 5.41) is 4.63. The summed E-state index contributed by atoms with van der Waals surface area (Å²) in [7, 11) is -3.10. The molecule has 7 nitrogen and oxygen atoms in total. The maximum atomic E-state index is 11.6. The van der Waals surface area contributed by atoms with Crippen LogP contribution in [0.15, 0.2) is 24.3 Å². The Kier molecular flexibility index (Phi) is 3.96. The standard InChI is InChI=1S/C14H17N5O2S3/c1-24(20,21)17-8-6-16(7-9-17)10-18-14(22)19-11-4-2-3-5-12(11)23-13(19)15-18/h2-5H,6-10H2,1H3. The van der Waals surface area contributed by atoms with Gasteiger partial charge in [-0.1, -0.05) is 23.5 Å². The lowest BCUT2D eigenvalue weighted by Crippen LogP contribution is -2.48. The Labute approximate surface area is 148 Å². The van der Waals surface area contributed by atoms with Crippen LogP contribution in [0.5, 0.6) is 0 Å². The van der Waals surface area contributed by atoms with Crippen molar-refractivity contribution in [2.75, 3.05) is 32.4 Å². The van der Waals surface area contributed by atoms with Gasteiger partial charge >= 0.3 is 0 Å². The molecular weight excluding hydrogens is 366 g/mol. The average molecular weight is 384 g/mol. The highest BCUT2D eigenvalue weighted by Crippen LogP contribution is 2.25. The molecular formula is C14H17N5O2S3. The van der Waals surface area contributed by atoms with E-state index in [0.717, 1.165) is 10.5 Å². The predicted octanol–water partition coefficient (Wildman–Crippen LogP) is 1.61. The minimum absolute atomic E-state index is 0.511. The summed E-state index contributed by atoms with van der Waals surface area (Å²) in [5.41, 5.74) is 1.08. The van der Waals surface area contributed by atoms with Crippen molar-refractivity contribution in [1.82, 2.24) is 23.4 Å². The molecule has 0 radical (unpaired) electrons. The average Bonchev–Trinajstić information content (AvgIpc) is 3.04. The van der Waals surface area contributed by atoms with Crippen LogP contribution in [-0.2, 0) is 16.7 Å². The SMILES string of the molecule is CS(=O)(=O)N1CCN(Cn2nc3sc4ccccc4n3c2=S)CC1. The van der Waals surface area contributed by atoms with E-state index in [2.05, 4.69) is 16.1 Å². The monoisotopic (exact) mass is 383 g/mol. The molecule has 1 fully saturated rings. The van der Waals surface area contributed by atoms with E-state index in [1.807, 2.05) is 27.3 Å². The molecule has 0 saturated carbocycles. The molecule has 1 saturated heterocycles. The Hall–Kier alpha value is -1.33. The summed E-state index contributed by atoms with van der Waals surface area (Å²) >= 11 is 7.22. The van der Waals surface area contributed by atoms with Crippen molar-refractivity contribution in [2.45, 2.75) is 6.67 Å². The fourth-order valence-corrected chi connectivity index (χ4v) is 5.16. The topological polar surface area (TPSA) is 62.9 Å². The van der Waals surface area contributed by atoms with Crippen LogP contribution in [0.4, 0.5) is 0 Å². The highest BCUT2D eigenvalue weighted by Gasteiger charge is 2.24. The first-order valence-corrected chi connectivity index (χ1v) is 10.7. The number of nitrogens with zero attached hydrogens (tertiary/aromatic N) is 5. The fraction of sp³-hybridized carbons (Fsp3) is 0.429. The third-order valence-electron chi connectivity index (χ3n) is 4.25. The number of rotatable bonds is 3. The normalized spacial score (nSPS) is 17.9. The zero-order valence-electron chi connectivity index (χ0n) is 13.1. The van der Waals surface area contributed by atoms with Gasteiger partial charge in [-0.25, -0.2) is 13.1 Å². The van der Waals surface area contributed by atoms with Gasteiger partial charge in [-0.05, 0) is 24.4 Å². The number of sulfonamides is 1. The Morgan fingerprint density at radius 2 is 1.92 bits per heavy atom. The van der Waals surface area contributed by atoms with Crippen LogP contribution in [0, 0.1) is 4.77 Å². The maximum Gasteiger partial charge on any atom is 0.216 e. The maximum absolute atomic E-state index is 11.6. The first kappa shape index (κ1) is 16.2. The van der Waals surface area contributed by atoms with Gasteiger partial charge in [-0.15, -0.1) is 5.10 Å². The van der Waals surface area contributed by atoms with Crippen molar-refractivity contribution >= 4 is 48.8 Å². The number of fused-ring (bicyclic) bond motifs is 3. The summed E-state index contributed by atoms with van der Waals surface area (Å²) < 4.78 is 30.3. The summed E-state index contributed by atoms with van der Waals surface area (Å²) in [4.78, 5) is 3.06. The number of aromatic nitrogens is 3. The minimum Gasteiger partial charge on any atom is -0.282 e. The highest BCUT2D eigenvalue weighted by molar-refractivity contribution is 7.88. The van der Waals surface area contributed by atoms with E-state index in [0.29, 0.717) is 37.6 Å². The van der Waals surface area contributed by atoms with Crippen molar-refractivity contribution in [3.05, 3.63) is 29.0 Å². The lowest BCUT2D eigenvalue weighted by molar-refractivity contribution is 0.145. The van der Waals surface area contributed by atoms with Crippen LogP contribution in [0.1, 0.15) is 0 Å². The van der Waals surface area contributed by atoms with Crippen LogP contribution >= 0.6 is 23.6 Å². The second-order valence-corrected chi connectivity index (χ2v) is 9.25. The van der Waals surface area contributed by atoms with E-state index >= 15 is 0 Å². The number of hydrogen-bond donors (Lipinski definition) is 0. The number of para-hydroxylation sites is 1. The van der Waals surface area contributed by atoms with E-state index in [1.54, 1.807) is 11.3 Å². The first-order chi connectivity index (χ1) is 11.4. The first-order valence-electron chi connectivity index (χ1n) is 7.58. The van der Waals surface area contributed by atoms with E-state index in [9.17, 15) is 8.42 Å². The lowest BCUT2D eigenvalue weighted by atomic mass is 10.3. The van der Waals surface area contributed by atoms with Gasteiger partial charge < -0.3 is 0 Å². The Bertz CT molecular complexity index is 1060. The molecule has 3 heterocycles. The van der Waals surface area contributed by atoms with Gasteiger partial charge in [-0.2, -0.15) is 4.31 Å². The zero-order chi connectivity index (χ0) is 16.9. The van der Waals surface area contributed by atoms with E-state index in [1.165, 1.54) is 15.3 Å². The van der Waals surface area contributed by atoms with Gasteiger partial charge in [0.2, 0.25) is 19.8 Å².